The Morgan fingerprint density at radius 2 is 1.62 bits per heavy atom. The van der Waals surface area contributed by atoms with Gasteiger partial charge in [0.25, 0.3) is 10.1 Å². The van der Waals surface area contributed by atoms with Crippen LogP contribution >= 0.6 is 0 Å². The van der Waals surface area contributed by atoms with Gasteiger partial charge in [0.2, 0.25) is 0 Å². The van der Waals surface area contributed by atoms with Gasteiger partial charge in [-0.05, 0) is 25.0 Å². The van der Waals surface area contributed by atoms with E-state index in [2.05, 4.69) is 0 Å². The van der Waals surface area contributed by atoms with Gasteiger partial charge in [0.05, 0.1) is 4.90 Å². The van der Waals surface area contributed by atoms with Crippen molar-refractivity contribution in [3.05, 3.63) is 29.3 Å². The summed E-state index contributed by atoms with van der Waals surface area (Å²) in [5.41, 5.74) is 1.13. The molecule has 0 atom stereocenters. The first-order valence-corrected chi connectivity index (χ1v) is 4.90. The van der Waals surface area contributed by atoms with Crippen molar-refractivity contribution in [1.29, 1.82) is 0 Å². The van der Waals surface area contributed by atoms with E-state index in [1.54, 1.807) is 32.0 Å². The van der Waals surface area contributed by atoms with Crippen LogP contribution in [-0.4, -0.2) is 50.7 Å². The minimum atomic E-state index is -4.06. The van der Waals surface area contributed by atoms with Crippen molar-refractivity contribution in [3.8, 4) is 0 Å². The second-order valence-electron chi connectivity index (χ2n) is 2.70. The largest absolute Gasteiger partial charge is 2.00 e. The summed E-state index contributed by atoms with van der Waals surface area (Å²) in [6.07, 6.45) is 0. The molecule has 70 valence electrons. The van der Waals surface area contributed by atoms with Crippen LogP contribution in [0, 0.1) is 13.8 Å². The van der Waals surface area contributed by atoms with Gasteiger partial charge in [-0.1, -0.05) is 18.2 Å². The normalized spacial score (nSPS) is 10.7. The maximum atomic E-state index is 10.8. The van der Waals surface area contributed by atoms with Crippen LogP contribution in [0.5, 0.6) is 0 Å². The maximum Gasteiger partial charge on any atom is 2.00 e. The molecule has 0 unspecified atom stereocenters. The predicted octanol–water partition coefficient (Wildman–Crippen LogP) is 1.39. The zero-order valence-electron chi connectivity index (χ0n) is 9.61. The molecule has 0 spiro atoms. The summed E-state index contributed by atoms with van der Waals surface area (Å²) >= 11 is 0. The molecule has 0 heterocycles. The summed E-state index contributed by atoms with van der Waals surface area (Å²) < 4.78 is 30.5. The molecule has 0 aliphatic rings. The van der Waals surface area contributed by atoms with Crippen LogP contribution in [-0.2, 0) is 10.1 Å². The van der Waals surface area contributed by atoms with Crippen LogP contribution in [0.3, 0.4) is 0 Å². The summed E-state index contributed by atoms with van der Waals surface area (Å²) in [5.74, 6) is 0. The number of hydrogen-bond donors (Lipinski definition) is 1. The minimum absolute atomic E-state index is 0. The topological polar surface area (TPSA) is 54.4 Å². The minimum Gasteiger partial charge on any atom is -1.00 e. The molecule has 0 amide bonds. The molecule has 13 heavy (non-hydrogen) atoms. The Kier molecular flexibility index (Phi) is 4.90. The number of aryl methyl sites for hydroxylation is 2. The van der Waals surface area contributed by atoms with Gasteiger partial charge in [-0.15, -0.1) is 0 Å². The van der Waals surface area contributed by atoms with Gasteiger partial charge >= 0.3 is 37.7 Å². The SMILES string of the molecule is Cc1cccc(C)c1S(=O)(=O)O.[Ca+2].[H-].[H-]. The van der Waals surface area contributed by atoms with Crippen LogP contribution < -0.4 is 0 Å². The molecule has 1 N–H and O–H groups in total. The molecule has 0 saturated heterocycles. The first-order chi connectivity index (χ1) is 5.43. The molecule has 5 heteroatoms. The van der Waals surface area contributed by atoms with Crippen LogP contribution in [0.1, 0.15) is 14.0 Å². The fourth-order valence-corrected chi connectivity index (χ4v) is 2.16. The van der Waals surface area contributed by atoms with Gasteiger partial charge in [0.1, 0.15) is 0 Å². The van der Waals surface area contributed by atoms with Gasteiger partial charge in [-0.3, -0.25) is 4.55 Å². The van der Waals surface area contributed by atoms with E-state index in [1.807, 2.05) is 0 Å². The van der Waals surface area contributed by atoms with E-state index in [0.717, 1.165) is 0 Å². The smallest absolute Gasteiger partial charge is 1.00 e. The van der Waals surface area contributed by atoms with Crippen molar-refractivity contribution in [2.45, 2.75) is 18.7 Å². The summed E-state index contributed by atoms with van der Waals surface area (Å²) in [6, 6.07) is 5.05. The monoisotopic (exact) mass is 228 g/mol. The van der Waals surface area contributed by atoms with Crippen molar-refractivity contribution >= 4 is 47.9 Å². The molecule has 0 radical (unpaired) electrons. The number of hydrogen-bond acceptors (Lipinski definition) is 2. The van der Waals surface area contributed by atoms with E-state index in [9.17, 15) is 8.42 Å². The van der Waals surface area contributed by atoms with E-state index in [-0.39, 0.29) is 45.5 Å². The van der Waals surface area contributed by atoms with Crippen LogP contribution in [0.4, 0.5) is 0 Å². The van der Waals surface area contributed by atoms with E-state index in [0.29, 0.717) is 11.1 Å². The summed E-state index contributed by atoms with van der Waals surface area (Å²) in [4.78, 5) is 0.0185. The molecule has 0 saturated carbocycles. The third kappa shape index (κ3) is 3.22. The quantitative estimate of drug-likeness (QED) is 0.584. The van der Waals surface area contributed by atoms with Gasteiger partial charge in [0.15, 0.2) is 0 Å². The van der Waals surface area contributed by atoms with Gasteiger partial charge < -0.3 is 2.85 Å². The fourth-order valence-electron chi connectivity index (χ4n) is 1.21. The zero-order chi connectivity index (χ0) is 9.35. The molecule has 0 aromatic heterocycles. The third-order valence-electron chi connectivity index (χ3n) is 1.67. The van der Waals surface area contributed by atoms with Crippen molar-refractivity contribution < 1.29 is 15.8 Å². The molecule has 0 bridgehead atoms. The van der Waals surface area contributed by atoms with E-state index >= 15 is 0 Å². The maximum absolute atomic E-state index is 10.8. The average Bonchev–Trinajstić information content (AvgIpc) is 1.82. The Morgan fingerprint density at radius 3 is 1.85 bits per heavy atom. The molecule has 1 rings (SSSR count). The number of rotatable bonds is 1. The van der Waals surface area contributed by atoms with E-state index in [1.165, 1.54) is 0 Å². The first kappa shape index (κ1) is 13.4. The van der Waals surface area contributed by atoms with Crippen molar-refractivity contribution in [1.82, 2.24) is 0 Å². The average molecular weight is 228 g/mol. The molecule has 0 aliphatic heterocycles. The Balaban J connectivity index is -0.000000480. The molecule has 1 aromatic carbocycles. The molecular formula is C8H12CaO3S. The Bertz CT molecular complexity index is 386. The summed E-state index contributed by atoms with van der Waals surface area (Å²) in [5, 5.41) is 0. The van der Waals surface area contributed by atoms with E-state index < -0.39 is 10.1 Å². The second kappa shape index (κ2) is 4.75. The van der Waals surface area contributed by atoms with Crippen molar-refractivity contribution in [3.63, 3.8) is 0 Å². The Hall–Kier alpha value is 0.390. The summed E-state index contributed by atoms with van der Waals surface area (Å²) in [6.45, 7) is 3.30. The Labute approximate surface area is 111 Å². The predicted molar refractivity (Wildman–Crippen MR) is 53.7 cm³/mol. The van der Waals surface area contributed by atoms with Gasteiger partial charge in [-0.2, -0.15) is 8.42 Å². The zero-order valence-corrected chi connectivity index (χ0v) is 10.6. The molecule has 3 nitrogen and oxygen atoms in total. The van der Waals surface area contributed by atoms with Crippen LogP contribution in [0.2, 0.25) is 0 Å². The van der Waals surface area contributed by atoms with Gasteiger partial charge in [-0.25, -0.2) is 0 Å². The van der Waals surface area contributed by atoms with Crippen molar-refractivity contribution in [2.24, 2.45) is 0 Å². The first-order valence-electron chi connectivity index (χ1n) is 3.46. The Morgan fingerprint density at radius 1 is 1.23 bits per heavy atom. The summed E-state index contributed by atoms with van der Waals surface area (Å²) in [7, 11) is -4.06. The molecule has 0 aliphatic carbocycles. The third-order valence-corrected chi connectivity index (χ3v) is 2.83. The number of benzene rings is 1. The van der Waals surface area contributed by atoms with Crippen molar-refractivity contribution in [2.75, 3.05) is 0 Å². The molecular weight excluding hydrogens is 216 g/mol. The standard InChI is InChI=1S/C8H10O3S.Ca.2H/c1-6-4-3-5-7(2)8(6)12(9,10)11;;;/h3-5H,1-2H3,(H,9,10,11);;;/q;+2;2*-1. The molecule has 0 fully saturated rings. The van der Waals surface area contributed by atoms with E-state index in [4.69, 9.17) is 4.55 Å². The molecule has 1 aromatic rings. The fraction of sp³-hybridized carbons (Fsp3) is 0.250. The van der Waals surface area contributed by atoms with Crippen LogP contribution in [0.25, 0.3) is 0 Å². The van der Waals surface area contributed by atoms with Gasteiger partial charge in [0, 0.05) is 0 Å². The van der Waals surface area contributed by atoms with Crippen LogP contribution in [0.15, 0.2) is 23.1 Å². The second-order valence-corrected chi connectivity index (χ2v) is 4.05.